The van der Waals surface area contributed by atoms with E-state index in [-0.39, 0.29) is 105 Å². The quantitative estimate of drug-likeness (QED) is 0.137. The third-order valence-electron chi connectivity index (χ3n) is 16.2. The van der Waals surface area contributed by atoms with Gasteiger partial charge in [-0.15, -0.1) is 0 Å². The standard InChI is InChI=1S/2C28H39NO3.6C6H6.Co/c2*1-25(2,3)15-13-17(27(7,8)9)23-19(21(15)30)29-20-22(31)16(26(4,5)6)14-18(24(20)32-23)28(10,11)12;6*1-2-4-6-5-3-1;/h2*13-14,30H,1-12H3;6*1-6H;/q;;;;;;;;+2/p-2. The summed E-state index contributed by atoms with van der Waals surface area (Å²) in [6, 6.07) is 79.9. The Balaban J connectivity index is 0.000000284. The van der Waals surface area contributed by atoms with Crippen LogP contribution in [-0.4, -0.2) is 9.97 Å². The topological polar surface area (TPSA) is 132 Å². The van der Waals surface area contributed by atoms with E-state index in [1.165, 1.54) is 0 Å². The summed E-state index contributed by atoms with van der Waals surface area (Å²) in [5, 5.41) is 27.1. The van der Waals surface area contributed by atoms with Gasteiger partial charge < -0.3 is 19.0 Å². The molecular weight excluding hydrogens is 1290 g/mol. The Labute approximate surface area is 615 Å². The van der Waals surface area contributed by atoms with Crippen LogP contribution in [0, 0.1) is 0 Å². The van der Waals surface area contributed by atoms with Gasteiger partial charge in [0.1, 0.15) is 0 Å². The van der Waals surface area contributed by atoms with Crippen molar-refractivity contribution in [2.24, 2.45) is 0 Å². The number of hydrogen-bond acceptors (Lipinski definition) is 8. The second-order valence-electron chi connectivity index (χ2n) is 33.3. The van der Waals surface area contributed by atoms with Gasteiger partial charge in [-0.25, -0.2) is 9.97 Å². The van der Waals surface area contributed by atoms with E-state index in [1.54, 1.807) is 0 Å². The SMILES string of the molecule is CC(C)(C)c1cc(C(C)(C)C)c(=O)c2nc3c([O-])c(C(C)(C)C)cc(C(C)(C)C)c3oc1-2.CC(C)(C)c1cc(C(C)(C)C)c(=O)c2nc3c([O-])c(C(C)(C)C)cc(C(C)(C)C)c3oc1-2.[Co+2].c1ccccc1.c1ccccc1.c1ccccc1.c1ccccc1.c1ccccc1.c1ccccc1. The van der Waals surface area contributed by atoms with E-state index in [9.17, 15) is 19.8 Å². The second-order valence-corrected chi connectivity index (χ2v) is 33.3. The van der Waals surface area contributed by atoms with Crippen molar-refractivity contribution in [2.45, 2.75) is 209 Å². The molecule has 4 aliphatic rings. The van der Waals surface area contributed by atoms with E-state index in [0.717, 1.165) is 22.3 Å². The second kappa shape index (κ2) is 36.1. The fraction of sp³-hybridized carbons (Fsp3) is 0.348. The molecular formula is C92H112CoN2O6. The first-order valence-electron chi connectivity index (χ1n) is 34.8. The van der Waals surface area contributed by atoms with Gasteiger partial charge in [-0.1, -0.05) is 408 Å². The number of benzene rings is 10. The van der Waals surface area contributed by atoms with Crippen molar-refractivity contribution in [2.75, 3.05) is 0 Å². The first-order valence-corrected chi connectivity index (χ1v) is 34.8. The first kappa shape index (κ1) is 84.5. The molecule has 8 aromatic carbocycles. The third-order valence-corrected chi connectivity index (χ3v) is 16.2. The molecule has 0 aromatic heterocycles. The maximum absolute atomic E-state index is 13.5. The predicted molar refractivity (Wildman–Crippen MR) is 421 cm³/mol. The van der Waals surface area contributed by atoms with E-state index in [1.807, 2.05) is 326 Å². The van der Waals surface area contributed by atoms with Crippen LogP contribution in [0.25, 0.3) is 45.1 Å². The Kier molecular flexibility index (Phi) is 30.2. The maximum atomic E-state index is 13.5. The summed E-state index contributed by atoms with van der Waals surface area (Å²) >= 11 is 0. The number of fused-ring (bicyclic) bond motifs is 4. The number of hydrogen-bond donors (Lipinski definition) is 0. The van der Waals surface area contributed by atoms with Gasteiger partial charge in [-0.3, -0.25) is 9.59 Å². The van der Waals surface area contributed by atoms with E-state index >= 15 is 0 Å². The summed E-state index contributed by atoms with van der Waals surface area (Å²) < 4.78 is 13.0. The average Bonchev–Trinajstić information content (AvgIpc) is 0.732. The Morgan fingerprint density at radius 3 is 0.535 bits per heavy atom. The molecule has 0 amide bonds. The number of aromatic nitrogens is 2. The molecule has 0 fully saturated rings. The van der Waals surface area contributed by atoms with Crippen molar-refractivity contribution < 1.29 is 35.8 Å². The van der Waals surface area contributed by atoms with E-state index < -0.39 is 0 Å². The van der Waals surface area contributed by atoms with E-state index in [2.05, 4.69) is 83.1 Å². The van der Waals surface area contributed by atoms with Crippen LogP contribution in [0.4, 0.5) is 0 Å². The maximum Gasteiger partial charge on any atom is 2.00 e. The third kappa shape index (κ3) is 24.7. The summed E-state index contributed by atoms with van der Waals surface area (Å²) in [5.41, 5.74) is 5.62. The van der Waals surface area contributed by atoms with Gasteiger partial charge in [0.2, 0.25) is 10.9 Å². The zero-order chi connectivity index (χ0) is 74.7. The zero-order valence-electron chi connectivity index (χ0n) is 64.8. The molecule has 8 nitrogen and oxygen atoms in total. The summed E-state index contributed by atoms with van der Waals surface area (Å²) in [7, 11) is 0. The summed E-state index contributed by atoms with van der Waals surface area (Å²) in [5.74, 6) is 0.640. The minimum absolute atomic E-state index is 0. The predicted octanol–water partition coefficient (Wildman–Crippen LogP) is 23.2. The van der Waals surface area contributed by atoms with Crippen LogP contribution in [0.1, 0.15) is 211 Å². The molecule has 535 valence electrons. The molecule has 2 aliphatic heterocycles. The number of rotatable bonds is 0. The molecule has 101 heavy (non-hydrogen) atoms. The molecule has 2 aliphatic carbocycles. The van der Waals surface area contributed by atoms with Gasteiger partial charge in [-0.05, 0) is 66.6 Å². The van der Waals surface area contributed by atoms with Crippen LogP contribution in [0.15, 0.2) is 261 Å². The smallest absolute Gasteiger partial charge is 0.871 e. The first-order chi connectivity index (χ1) is 46.5. The van der Waals surface area contributed by atoms with Gasteiger partial charge in [0, 0.05) is 33.4 Å². The zero-order valence-corrected chi connectivity index (χ0v) is 65.8. The van der Waals surface area contributed by atoms with Crippen molar-refractivity contribution in [3.63, 3.8) is 0 Å². The molecule has 0 saturated carbocycles. The monoisotopic (exact) mass is 1400 g/mol. The minimum atomic E-state index is -0.355. The molecule has 0 bridgehead atoms. The molecule has 12 rings (SSSR count). The van der Waals surface area contributed by atoms with Gasteiger partial charge >= 0.3 is 16.8 Å². The molecule has 1 radical (unpaired) electrons. The Hall–Kier alpha value is -8.89. The van der Waals surface area contributed by atoms with Crippen LogP contribution >= 0.6 is 0 Å². The van der Waals surface area contributed by atoms with Crippen molar-refractivity contribution >= 4 is 22.2 Å². The number of nitrogens with zero attached hydrogens (tertiary/aromatic N) is 2. The van der Waals surface area contributed by atoms with Crippen LogP contribution < -0.4 is 21.1 Å². The molecule has 2 heterocycles. The normalized spacial score (nSPS) is 11.6. The van der Waals surface area contributed by atoms with Gasteiger partial charge in [0.05, 0.1) is 11.0 Å². The summed E-state index contributed by atoms with van der Waals surface area (Å²) in [4.78, 5) is 36.6. The van der Waals surface area contributed by atoms with Crippen molar-refractivity contribution in [3.8, 4) is 34.4 Å². The molecule has 0 N–H and O–H groups in total. The molecule has 9 heteroatoms. The van der Waals surface area contributed by atoms with Gasteiger partial charge in [0.25, 0.3) is 0 Å². The molecule has 0 atom stereocenters. The van der Waals surface area contributed by atoms with Crippen molar-refractivity contribution in [3.05, 3.63) is 308 Å². The fourth-order valence-electron chi connectivity index (χ4n) is 10.5. The van der Waals surface area contributed by atoms with Crippen molar-refractivity contribution in [1.82, 2.24) is 9.97 Å². The van der Waals surface area contributed by atoms with Gasteiger partial charge in [0.15, 0.2) is 34.1 Å². The largest absolute Gasteiger partial charge is 2.00 e. The van der Waals surface area contributed by atoms with Crippen LogP contribution in [0.2, 0.25) is 0 Å². The Morgan fingerprint density at radius 1 is 0.238 bits per heavy atom. The van der Waals surface area contributed by atoms with Gasteiger partial charge in [-0.2, -0.15) is 0 Å². The fourth-order valence-corrected chi connectivity index (χ4v) is 10.5. The summed E-state index contributed by atoms with van der Waals surface area (Å²) in [6.45, 7) is 49.5. The van der Waals surface area contributed by atoms with E-state index in [0.29, 0.717) is 44.9 Å². The molecule has 0 spiro atoms. The van der Waals surface area contributed by atoms with E-state index in [4.69, 9.17) is 18.8 Å². The minimum Gasteiger partial charge on any atom is -0.871 e. The average molecular weight is 1400 g/mol. The molecule has 0 unspecified atom stereocenters. The van der Waals surface area contributed by atoms with Crippen LogP contribution in [0.5, 0.6) is 11.5 Å². The Bertz CT molecular complexity index is 3850. The molecule has 0 saturated heterocycles. The van der Waals surface area contributed by atoms with Crippen LogP contribution in [-0.2, 0) is 60.1 Å². The van der Waals surface area contributed by atoms with Crippen LogP contribution in [0.3, 0.4) is 0 Å². The van der Waals surface area contributed by atoms with Crippen molar-refractivity contribution in [1.29, 1.82) is 0 Å². The summed E-state index contributed by atoms with van der Waals surface area (Å²) in [6.07, 6.45) is 0. The Morgan fingerprint density at radius 2 is 0.386 bits per heavy atom. The molecule has 8 aromatic rings.